The second-order valence-electron chi connectivity index (χ2n) is 4.04. The Morgan fingerprint density at radius 1 is 1.05 bits per heavy atom. The molecule has 4 heteroatoms. The maximum absolute atomic E-state index is 13.1. The molecular weight excluding hydrogens is 245 g/mol. The van der Waals surface area contributed by atoms with Crippen LogP contribution in [0.4, 0.5) is 10.1 Å². The van der Waals surface area contributed by atoms with E-state index >= 15 is 0 Å². The van der Waals surface area contributed by atoms with E-state index in [4.69, 9.17) is 9.47 Å². The molecule has 0 saturated heterocycles. The minimum atomic E-state index is -0.258. The van der Waals surface area contributed by atoms with Crippen LogP contribution < -0.4 is 14.8 Å². The monoisotopic (exact) mass is 261 g/mol. The molecule has 0 atom stereocenters. The van der Waals surface area contributed by atoms with E-state index < -0.39 is 0 Å². The Kier molecular flexibility index (Phi) is 4.23. The molecule has 0 fully saturated rings. The molecule has 0 amide bonds. The molecule has 0 heterocycles. The lowest BCUT2D eigenvalue weighted by Gasteiger charge is -2.12. The van der Waals surface area contributed by atoms with E-state index in [0.717, 1.165) is 22.7 Å². The van der Waals surface area contributed by atoms with Crippen molar-refractivity contribution in [3.05, 3.63) is 53.8 Å². The van der Waals surface area contributed by atoms with Crippen LogP contribution in [-0.2, 0) is 6.54 Å². The van der Waals surface area contributed by atoms with Crippen molar-refractivity contribution in [2.75, 3.05) is 19.5 Å². The van der Waals surface area contributed by atoms with Gasteiger partial charge in [0.2, 0.25) is 0 Å². The van der Waals surface area contributed by atoms with Gasteiger partial charge in [0.25, 0.3) is 0 Å². The number of rotatable bonds is 5. The lowest BCUT2D eigenvalue weighted by molar-refractivity contribution is 0.391. The Balaban J connectivity index is 2.11. The maximum Gasteiger partial charge on any atom is 0.127 e. The SMILES string of the molecule is COc1ccc(CNc2cccc(F)c2)c(OC)c1. The van der Waals surface area contributed by atoms with Gasteiger partial charge in [-0.3, -0.25) is 0 Å². The molecule has 0 unspecified atom stereocenters. The van der Waals surface area contributed by atoms with Gasteiger partial charge in [-0.05, 0) is 30.3 Å². The van der Waals surface area contributed by atoms with Gasteiger partial charge in [0.05, 0.1) is 14.2 Å². The second-order valence-corrected chi connectivity index (χ2v) is 4.04. The number of methoxy groups -OCH3 is 2. The minimum absolute atomic E-state index is 0.258. The van der Waals surface area contributed by atoms with Crippen molar-refractivity contribution in [3.8, 4) is 11.5 Å². The quantitative estimate of drug-likeness (QED) is 0.894. The summed E-state index contributed by atoms with van der Waals surface area (Å²) in [5.74, 6) is 1.22. The first-order valence-electron chi connectivity index (χ1n) is 5.93. The van der Waals surface area contributed by atoms with Gasteiger partial charge < -0.3 is 14.8 Å². The Morgan fingerprint density at radius 2 is 1.89 bits per heavy atom. The van der Waals surface area contributed by atoms with Gasteiger partial charge in [0.15, 0.2) is 0 Å². The molecular formula is C15H16FNO2. The van der Waals surface area contributed by atoms with Gasteiger partial charge in [-0.2, -0.15) is 0 Å². The van der Waals surface area contributed by atoms with Crippen molar-refractivity contribution in [1.82, 2.24) is 0 Å². The third kappa shape index (κ3) is 3.37. The molecule has 0 bridgehead atoms. The van der Waals surface area contributed by atoms with Gasteiger partial charge in [0, 0.05) is 23.9 Å². The first-order valence-corrected chi connectivity index (χ1v) is 5.93. The summed E-state index contributed by atoms with van der Waals surface area (Å²) in [7, 11) is 3.22. The molecule has 0 aliphatic rings. The average Bonchev–Trinajstić information content (AvgIpc) is 2.45. The third-order valence-electron chi connectivity index (χ3n) is 2.80. The highest BCUT2D eigenvalue weighted by molar-refractivity contribution is 5.47. The fraction of sp³-hybridized carbons (Fsp3) is 0.200. The zero-order valence-electron chi connectivity index (χ0n) is 10.9. The molecule has 0 radical (unpaired) electrons. The average molecular weight is 261 g/mol. The molecule has 0 spiro atoms. The number of hydrogen-bond acceptors (Lipinski definition) is 3. The first-order chi connectivity index (χ1) is 9.22. The third-order valence-corrected chi connectivity index (χ3v) is 2.80. The number of benzene rings is 2. The summed E-state index contributed by atoms with van der Waals surface area (Å²) in [5, 5.41) is 3.15. The van der Waals surface area contributed by atoms with Crippen LogP contribution in [0, 0.1) is 5.82 Å². The summed E-state index contributed by atoms with van der Waals surface area (Å²) in [4.78, 5) is 0. The Morgan fingerprint density at radius 3 is 2.58 bits per heavy atom. The van der Waals surface area contributed by atoms with E-state index in [1.807, 2.05) is 24.3 Å². The fourth-order valence-corrected chi connectivity index (χ4v) is 1.79. The summed E-state index contributed by atoms with van der Waals surface area (Å²) >= 11 is 0. The summed E-state index contributed by atoms with van der Waals surface area (Å²) in [5.41, 5.74) is 1.71. The van der Waals surface area contributed by atoms with Crippen molar-refractivity contribution in [2.24, 2.45) is 0 Å². The smallest absolute Gasteiger partial charge is 0.127 e. The van der Waals surface area contributed by atoms with Crippen LogP contribution in [0.15, 0.2) is 42.5 Å². The van der Waals surface area contributed by atoms with Gasteiger partial charge in [-0.15, -0.1) is 0 Å². The highest BCUT2D eigenvalue weighted by Gasteiger charge is 2.05. The largest absolute Gasteiger partial charge is 0.497 e. The number of anilines is 1. The van der Waals surface area contributed by atoms with Crippen LogP contribution >= 0.6 is 0 Å². The predicted octanol–water partition coefficient (Wildman–Crippen LogP) is 3.46. The number of nitrogens with one attached hydrogen (secondary N) is 1. The van der Waals surface area contributed by atoms with Crippen LogP contribution in [-0.4, -0.2) is 14.2 Å². The van der Waals surface area contributed by atoms with Crippen molar-refractivity contribution in [1.29, 1.82) is 0 Å². The topological polar surface area (TPSA) is 30.5 Å². The molecule has 1 N–H and O–H groups in total. The van der Waals surface area contributed by atoms with E-state index in [1.54, 1.807) is 20.3 Å². The van der Waals surface area contributed by atoms with E-state index in [-0.39, 0.29) is 5.82 Å². The lowest BCUT2D eigenvalue weighted by Crippen LogP contribution is -2.02. The standard InChI is InChI=1S/C15H16FNO2/c1-18-14-7-6-11(15(9-14)19-2)10-17-13-5-3-4-12(16)8-13/h3-9,17H,10H2,1-2H3. The summed E-state index contributed by atoms with van der Waals surface area (Å²) in [6.45, 7) is 0.552. The van der Waals surface area contributed by atoms with Gasteiger partial charge >= 0.3 is 0 Å². The van der Waals surface area contributed by atoms with Crippen LogP contribution in [0.1, 0.15) is 5.56 Å². The molecule has 0 aliphatic heterocycles. The fourth-order valence-electron chi connectivity index (χ4n) is 1.79. The van der Waals surface area contributed by atoms with Crippen molar-refractivity contribution in [2.45, 2.75) is 6.54 Å². The van der Waals surface area contributed by atoms with E-state index in [0.29, 0.717) is 6.54 Å². The molecule has 2 aromatic carbocycles. The summed E-state index contributed by atoms with van der Waals surface area (Å²) in [6, 6.07) is 12.0. The van der Waals surface area contributed by atoms with Crippen molar-refractivity contribution < 1.29 is 13.9 Å². The molecule has 0 aliphatic carbocycles. The van der Waals surface area contributed by atoms with Crippen LogP contribution in [0.5, 0.6) is 11.5 Å². The zero-order valence-corrected chi connectivity index (χ0v) is 10.9. The van der Waals surface area contributed by atoms with E-state index in [2.05, 4.69) is 5.32 Å². The summed E-state index contributed by atoms with van der Waals surface area (Å²) < 4.78 is 23.5. The number of ether oxygens (including phenoxy) is 2. The van der Waals surface area contributed by atoms with Crippen LogP contribution in [0.25, 0.3) is 0 Å². The van der Waals surface area contributed by atoms with Crippen molar-refractivity contribution >= 4 is 5.69 Å². The number of halogens is 1. The Bertz CT molecular complexity index is 558. The highest BCUT2D eigenvalue weighted by Crippen LogP contribution is 2.25. The van der Waals surface area contributed by atoms with Gasteiger partial charge in [-0.25, -0.2) is 4.39 Å². The molecule has 2 rings (SSSR count). The van der Waals surface area contributed by atoms with Crippen molar-refractivity contribution in [3.63, 3.8) is 0 Å². The van der Waals surface area contributed by atoms with E-state index in [9.17, 15) is 4.39 Å². The van der Waals surface area contributed by atoms with E-state index in [1.165, 1.54) is 12.1 Å². The van der Waals surface area contributed by atoms with Gasteiger partial charge in [-0.1, -0.05) is 6.07 Å². The predicted molar refractivity (Wildman–Crippen MR) is 73.3 cm³/mol. The van der Waals surface area contributed by atoms with Crippen LogP contribution in [0.2, 0.25) is 0 Å². The molecule has 3 nitrogen and oxygen atoms in total. The van der Waals surface area contributed by atoms with Crippen LogP contribution in [0.3, 0.4) is 0 Å². The molecule has 0 saturated carbocycles. The maximum atomic E-state index is 13.1. The Labute approximate surface area is 112 Å². The van der Waals surface area contributed by atoms with Gasteiger partial charge in [0.1, 0.15) is 17.3 Å². The molecule has 100 valence electrons. The lowest BCUT2D eigenvalue weighted by atomic mass is 10.2. The Hall–Kier alpha value is -2.23. The minimum Gasteiger partial charge on any atom is -0.497 e. The second kappa shape index (κ2) is 6.09. The molecule has 2 aromatic rings. The molecule has 19 heavy (non-hydrogen) atoms. The molecule has 0 aromatic heterocycles. The zero-order chi connectivity index (χ0) is 13.7. The highest BCUT2D eigenvalue weighted by atomic mass is 19.1. The summed E-state index contributed by atoms with van der Waals surface area (Å²) in [6.07, 6.45) is 0. The first kappa shape index (κ1) is 13.2. The normalized spacial score (nSPS) is 10.1. The number of hydrogen-bond donors (Lipinski definition) is 1.